The highest BCUT2D eigenvalue weighted by atomic mass is 16.3. The number of aliphatic hydroxyl groups excluding tert-OH is 1. The molecule has 0 aliphatic heterocycles. The van der Waals surface area contributed by atoms with Crippen molar-refractivity contribution in [1.82, 2.24) is 5.32 Å². The molecule has 2 N–H and O–H groups in total. The first-order valence-corrected chi connectivity index (χ1v) is 5.94. The van der Waals surface area contributed by atoms with E-state index in [4.69, 9.17) is 0 Å². The fourth-order valence-corrected chi connectivity index (χ4v) is 1.50. The van der Waals surface area contributed by atoms with Crippen LogP contribution < -0.4 is 5.32 Å². The molecule has 1 unspecified atom stereocenters. The first kappa shape index (κ1) is 13.2. The highest BCUT2D eigenvalue weighted by Crippen LogP contribution is 2.05. The van der Waals surface area contributed by atoms with Crippen LogP contribution in [0.15, 0.2) is 30.3 Å². The van der Waals surface area contributed by atoms with Gasteiger partial charge in [0.15, 0.2) is 0 Å². The zero-order valence-electron chi connectivity index (χ0n) is 10.5. The zero-order chi connectivity index (χ0) is 12.0. The molecule has 0 spiro atoms. The number of nitrogens with one attached hydrogen (secondary N) is 1. The van der Waals surface area contributed by atoms with Gasteiger partial charge in [0.25, 0.3) is 0 Å². The van der Waals surface area contributed by atoms with Gasteiger partial charge in [-0.1, -0.05) is 30.3 Å². The van der Waals surface area contributed by atoms with Gasteiger partial charge in [-0.15, -0.1) is 0 Å². The van der Waals surface area contributed by atoms with Crippen molar-refractivity contribution >= 4 is 0 Å². The Bertz CT molecular complexity index is 289. The molecule has 2 nitrogen and oxygen atoms in total. The van der Waals surface area contributed by atoms with Gasteiger partial charge in [0.1, 0.15) is 0 Å². The molecule has 0 radical (unpaired) electrons. The summed E-state index contributed by atoms with van der Waals surface area (Å²) in [6.07, 6.45) is 1.49. The fourth-order valence-electron chi connectivity index (χ4n) is 1.50. The van der Waals surface area contributed by atoms with E-state index in [1.807, 2.05) is 18.2 Å². The van der Waals surface area contributed by atoms with Crippen molar-refractivity contribution in [3.63, 3.8) is 0 Å². The predicted molar refractivity (Wildman–Crippen MR) is 68.5 cm³/mol. The number of aryl methyl sites for hydroxylation is 1. The topological polar surface area (TPSA) is 32.3 Å². The summed E-state index contributed by atoms with van der Waals surface area (Å²) in [6.45, 7) is 6.99. The van der Waals surface area contributed by atoms with E-state index in [-0.39, 0.29) is 11.6 Å². The second-order valence-corrected chi connectivity index (χ2v) is 5.31. The number of rotatable bonds is 5. The lowest BCUT2D eigenvalue weighted by molar-refractivity contribution is 0.152. The van der Waals surface area contributed by atoms with Gasteiger partial charge in [-0.05, 0) is 39.2 Å². The molecule has 0 aromatic heterocycles. The SMILES string of the molecule is CC(C)(C)NCC(O)CCc1ccccc1. The minimum Gasteiger partial charge on any atom is -0.392 e. The Kier molecular flexibility index (Phi) is 4.97. The maximum Gasteiger partial charge on any atom is 0.0668 e. The van der Waals surface area contributed by atoms with Gasteiger partial charge in [-0.3, -0.25) is 0 Å². The number of benzene rings is 1. The Morgan fingerprint density at radius 1 is 1.19 bits per heavy atom. The first-order chi connectivity index (χ1) is 7.47. The van der Waals surface area contributed by atoms with Gasteiger partial charge in [0.2, 0.25) is 0 Å². The molecule has 0 aliphatic rings. The van der Waals surface area contributed by atoms with Crippen LogP contribution in [0.1, 0.15) is 32.8 Å². The second-order valence-electron chi connectivity index (χ2n) is 5.31. The molecule has 90 valence electrons. The number of aliphatic hydroxyl groups is 1. The average molecular weight is 221 g/mol. The van der Waals surface area contributed by atoms with Gasteiger partial charge in [-0.25, -0.2) is 0 Å². The van der Waals surface area contributed by atoms with Crippen LogP contribution in [0.5, 0.6) is 0 Å². The Balaban J connectivity index is 2.23. The molecular weight excluding hydrogens is 198 g/mol. The molecule has 1 aromatic rings. The van der Waals surface area contributed by atoms with E-state index in [0.29, 0.717) is 6.54 Å². The van der Waals surface area contributed by atoms with Crippen LogP contribution in [0.3, 0.4) is 0 Å². The third-order valence-corrected chi connectivity index (χ3v) is 2.48. The summed E-state index contributed by atoms with van der Waals surface area (Å²) in [5.74, 6) is 0. The molecule has 1 rings (SSSR count). The molecule has 1 atom stereocenters. The Labute approximate surface area is 98.7 Å². The van der Waals surface area contributed by atoms with Crippen molar-refractivity contribution in [2.75, 3.05) is 6.54 Å². The van der Waals surface area contributed by atoms with Crippen molar-refractivity contribution in [3.05, 3.63) is 35.9 Å². The summed E-state index contributed by atoms with van der Waals surface area (Å²) in [5, 5.41) is 13.1. The minimum absolute atomic E-state index is 0.0771. The Hall–Kier alpha value is -0.860. The molecule has 0 saturated heterocycles. The molecular formula is C14H23NO. The van der Waals surface area contributed by atoms with Crippen LogP contribution in [-0.4, -0.2) is 23.3 Å². The molecule has 0 saturated carbocycles. The van der Waals surface area contributed by atoms with Gasteiger partial charge in [-0.2, -0.15) is 0 Å². The lowest BCUT2D eigenvalue weighted by Crippen LogP contribution is -2.40. The second kappa shape index (κ2) is 6.02. The normalized spacial score (nSPS) is 13.8. The van der Waals surface area contributed by atoms with E-state index in [0.717, 1.165) is 12.8 Å². The van der Waals surface area contributed by atoms with Crippen molar-refractivity contribution in [2.45, 2.75) is 45.3 Å². The Morgan fingerprint density at radius 3 is 2.38 bits per heavy atom. The highest BCUT2D eigenvalue weighted by molar-refractivity contribution is 5.14. The zero-order valence-corrected chi connectivity index (χ0v) is 10.5. The standard InChI is InChI=1S/C14H23NO/c1-14(2,3)15-11-13(16)10-9-12-7-5-4-6-8-12/h4-8,13,15-16H,9-11H2,1-3H3. The highest BCUT2D eigenvalue weighted by Gasteiger charge is 2.11. The molecule has 0 aliphatic carbocycles. The van der Waals surface area contributed by atoms with Crippen LogP contribution in [0.25, 0.3) is 0 Å². The van der Waals surface area contributed by atoms with Crippen LogP contribution in [0.4, 0.5) is 0 Å². The summed E-state index contributed by atoms with van der Waals surface area (Å²) in [7, 11) is 0. The quantitative estimate of drug-likeness (QED) is 0.800. The van der Waals surface area contributed by atoms with E-state index >= 15 is 0 Å². The van der Waals surface area contributed by atoms with Gasteiger partial charge >= 0.3 is 0 Å². The van der Waals surface area contributed by atoms with Crippen LogP contribution in [0.2, 0.25) is 0 Å². The monoisotopic (exact) mass is 221 g/mol. The molecule has 0 heterocycles. The smallest absolute Gasteiger partial charge is 0.0668 e. The summed E-state index contributed by atoms with van der Waals surface area (Å²) >= 11 is 0. The summed E-state index contributed by atoms with van der Waals surface area (Å²) in [6, 6.07) is 10.3. The predicted octanol–water partition coefficient (Wildman–Crippen LogP) is 2.37. The van der Waals surface area contributed by atoms with E-state index in [2.05, 4.69) is 38.2 Å². The maximum atomic E-state index is 9.81. The third kappa shape index (κ3) is 5.89. The number of hydrogen-bond donors (Lipinski definition) is 2. The van der Waals surface area contributed by atoms with E-state index < -0.39 is 0 Å². The van der Waals surface area contributed by atoms with Gasteiger partial charge in [0.05, 0.1) is 6.10 Å². The summed E-state index contributed by atoms with van der Waals surface area (Å²) in [4.78, 5) is 0. The minimum atomic E-state index is -0.264. The molecule has 2 heteroatoms. The summed E-state index contributed by atoms with van der Waals surface area (Å²) in [5.41, 5.74) is 1.37. The van der Waals surface area contributed by atoms with E-state index in [1.165, 1.54) is 5.56 Å². The first-order valence-electron chi connectivity index (χ1n) is 5.94. The van der Waals surface area contributed by atoms with Gasteiger partial charge < -0.3 is 10.4 Å². The van der Waals surface area contributed by atoms with Crippen molar-refractivity contribution < 1.29 is 5.11 Å². The lowest BCUT2D eigenvalue weighted by Gasteiger charge is -2.22. The maximum absolute atomic E-state index is 9.81. The molecule has 0 fully saturated rings. The molecule has 16 heavy (non-hydrogen) atoms. The lowest BCUT2D eigenvalue weighted by atomic mass is 10.1. The molecule has 0 amide bonds. The van der Waals surface area contributed by atoms with Crippen molar-refractivity contribution in [3.8, 4) is 0 Å². The molecule has 1 aromatic carbocycles. The average Bonchev–Trinajstić information content (AvgIpc) is 2.24. The number of hydrogen-bond acceptors (Lipinski definition) is 2. The van der Waals surface area contributed by atoms with Crippen LogP contribution in [-0.2, 0) is 6.42 Å². The summed E-state index contributed by atoms with van der Waals surface area (Å²) < 4.78 is 0. The Morgan fingerprint density at radius 2 is 1.81 bits per heavy atom. The fraction of sp³-hybridized carbons (Fsp3) is 0.571. The third-order valence-electron chi connectivity index (χ3n) is 2.48. The van der Waals surface area contributed by atoms with Crippen molar-refractivity contribution in [1.29, 1.82) is 0 Å². The van der Waals surface area contributed by atoms with E-state index in [1.54, 1.807) is 0 Å². The van der Waals surface area contributed by atoms with Crippen LogP contribution in [0, 0.1) is 0 Å². The van der Waals surface area contributed by atoms with E-state index in [9.17, 15) is 5.11 Å². The molecule has 0 bridgehead atoms. The number of β-amino-alcohol motifs (C(OH)–C–C–N with tert-alkyl or cyclic N) is 1. The largest absolute Gasteiger partial charge is 0.392 e. The van der Waals surface area contributed by atoms with Crippen LogP contribution >= 0.6 is 0 Å². The van der Waals surface area contributed by atoms with Gasteiger partial charge in [0, 0.05) is 12.1 Å². The van der Waals surface area contributed by atoms with Crippen molar-refractivity contribution in [2.24, 2.45) is 0 Å².